The van der Waals surface area contributed by atoms with Gasteiger partial charge in [0.2, 0.25) is 0 Å². The van der Waals surface area contributed by atoms with Crippen LogP contribution in [0.25, 0.3) is 55.6 Å². The summed E-state index contributed by atoms with van der Waals surface area (Å²) in [4.78, 5) is 0. The highest BCUT2D eigenvalue weighted by Crippen LogP contribution is 2.41. The molecule has 0 aliphatic heterocycles. The fraction of sp³-hybridized carbons (Fsp3) is 0.122. The second-order valence-corrected chi connectivity index (χ2v) is 11.3. The van der Waals surface area contributed by atoms with E-state index in [4.69, 9.17) is 0 Å². The highest BCUT2D eigenvalue weighted by molar-refractivity contribution is 5.92. The van der Waals surface area contributed by atoms with E-state index in [0.717, 1.165) is 0 Å². The molecule has 0 heterocycles. The van der Waals surface area contributed by atoms with Gasteiger partial charge in [-0.15, -0.1) is 0 Å². The normalized spacial score (nSPS) is 11.0. The summed E-state index contributed by atoms with van der Waals surface area (Å²) in [6.45, 7) is 11.1. The molecule has 0 atom stereocenters. The largest absolute Gasteiger partial charge is 0.0620 e. The van der Waals surface area contributed by atoms with Crippen molar-refractivity contribution in [1.82, 2.24) is 0 Å². The predicted molar refractivity (Wildman–Crippen MR) is 177 cm³/mol. The monoisotopic (exact) mass is 528 g/mol. The predicted octanol–water partition coefficient (Wildman–Crippen LogP) is 11.6. The highest BCUT2D eigenvalue weighted by atomic mass is 14.2. The van der Waals surface area contributed by atoms with Gasteiger partial charge in [0, 0.05) is 0 Å². The van der Waals surface area contributed by atoms with E-state index in [1.54, 1.807) is 0 Å². The summed E-state index contributed by atoms with van der Waals surface area (Å²) in [7, 11) is 0. The van der Waals surface area contributed by atoms with E-state index in [1.165, 1.54) is 83.5 Å². The Morgan fingerprint density at radius 1 is 0.268 bits per heavy atom. The van der Waals surface area contributed by atoms with Crippen LogP contribution in [-0.4, -0.2) is 0 Å². The molecule has 0 aliphatic rings. The molecule has 6 aromatic rings. The first-order chi connectivity index (χ1) is 19.9. The molecule has 200 valence electrons. The standard InChI is InChI=1S/C41H36/c1-27-13-6-9-18-36(27)35-23-31(5)41(38-20-11-8-15-29(38)3)40(26-35)34-17-12-16-32(24-34)33-22-21-30(4)39(25-33)37-19-10-7-14-28(37)2/h6-26H,1-5H3. The molecule has 0 heteroatoms. The molecular weight excluding hydrogens is 492 g/mol. The molecule has 0 saturated carbocycles. The average molecular weight is 529 g/mol. The van der Waals surface area contributed by atoms with E-state index in [1.807, 2.05) is 0 Å². The molecule has 0 unspecified atom stereocenters. The van der Waals surface area contributed by atoms with Crippen LogP contribution < -0.4 is 0 Å². The maximum absolute atomic E-state index is 2.39. The molecule has 0 bridgehead atoms. The number of rotatable bonds is 5. The molecular formula is C41H36. The summed E-state index contributed by atoms with van der Waals surface area (Å²) in [5.41, 5.74) is 19.2. The lowest BCUT2D eigenvalue weighted by Crippen LogP contribution is -1.95. The fourth-order valence-electron chi connectivity index (χ4n) is 6.11. The Morgan fingerprint density at radius 3 is 1.44 bits per heavy atom. The Hall–Kier alpha value is -4.68. The molecule has 41 heavy (non-hydrogen) atoms. The van der Waals surface area contributed by atoms with E-state index in [0.29, 0.717) is 0 Å². The Bertz CT molecular complexity index is 1890. The van der Waals surface area contributed by atoms with Gasteiger partial charge in [-0.3, -0.25) is 0 Å². The Labute approximate surface area is 245 Å². The van der Waals surface area contributed by atoms with E-state index in [2.05, 4.69) is 162 Å². The molecule has 0 nitrogen and oxygen atoms in total. The Kier molecular flexibility index (Phi) is 7.16. The summed E-state index contributed by atoms with van der Waals surface area (Å²) in [6.07, 6.45) is 0. The quantitative estimate of drug-likeness (QED) is 0.209. The molecule has 0 saturated heterocycles. The van der Waals surface area contributed by atoms with Crippen molar-refractivity contribution < 1.29 is 0 Å². The van der Waals surface area contributed by atoms with Crippen LogP contribution in [0.2, 0.25) is 0 Å². The van der Waals surface area contributed by atoms with Crippen LogP contribution >= 0.6 is 0 Å². The minimum Gasteiger partial charge on any atom is -0.0620 e. The molecule has 6 rings (SSSR count). The maximum atomic E-state index is 2.39. The number of hydrogen-bond donors (Lipinski definition) is 0. The van der Waals surface area contributed by atoms with Crippen molar-refractivity contribution >= 4 is 0 Å². The molecule has 0 radical (unpaired) electrons. The van der Waals surface area contributed by atoms with Gasteiger partial charge in [0.1, 0.15) is 0 Å². The zero-order valence-corrected chi connectivity index (χ0v) is 24.6. The molecule has 0 fully saturated rings. The van der Waals surface area contributed by atoms with E-state index in [-0.39, 0.29) is 0 Å². The van der Waals surface area contributed by atoms with Crippen LogP contribution in [-0.2, 0) is 0 Å². The van der Waals surface area contributed by atoms with Crippen molar-refractivity contribution in [3.8, 4) is 55.6 Å². The van der Waals surface area contributed by atoms with Crippen LogP contribution in [0.15, 0.2) is 127 Å². The Morgan fingerprint density at radius 2 is 0.780 bits per heavy atom. The summed E-state index contributed by atoms with van der Waals surface area (Å²) in [5, 5.41) is 0. The molecule has 0 aliphatic carbocycles. The minimum atomic E-state index is 1.23. The van der Waals surface area contributed by atoms with Crippen molar-refractivity contribution in [3.63, 3.8) is 0 Å². The Balaban J connectivity index is 1.55. The van der Waals surface area contributed by atoms with Gasteiger partial charge in [-0.25, -0.2) is 0 Å². The second-order valence-electron chi connectivity index (χ2n) is 11.3. The summed E-state index contributed by atoms with van der Waals surface area (Å²) >= 11 is 0. The number of benzene rings is 6. The second kappa shape index (κ2) is 11.1. The summed E-state index contributed by atoms with van der Waals surface area (Å²) in [5.74, 6) is 0. The lowest BCUT2D eigenvalue weighted by atomic mass is 9.85. The lowest BCUT2D eigenvalue weighted by Gasteiger charge is -2.19. The SMILES string of the molecule is Cc1ccccc1-c1cc(C)c(-c2ccccc2C)c(-c2cccc(-c3ccc(C)c(-c4ccccc4C)c3)c2)c1. The van der Waals surface area contributed by atoms with Crippen molar-refractivity contribution in [2.45, 2.75) is 34.6 Å². The third-order valence-corrected chi connectivity index (χ3v) is 8.39. The lowest BCUT2D eigenvalue weighted by molar-refractivity contribution is 1.39. The van der Waals surface area contributed by atoms with Gasteiger partial charge in [-0.1, -0.05) is 109 Å². The molecule has 0 amide bonds. The molecule has 6 aromatic carbocycles. The van der Waals surface area contributed by atoms with Crippen LogP contribution in [0.3, 0.4) is 0 Å². The maximum Gasteiger partial charge on any atom is -0.00730 e. The van der Waals surface area contributed by atoms with Gasteiger partial charge in [0.05, 0.1) is 0 Å². The van der Waals surface area contributed by atoms with Gasteiger partial charge < -0.3 is 0 Å². The first-order valence-electron chi connectivity index (χ1n) is 14.4. The first-order valence-corrected chi connectivity index (χ1v) is 14.4. The van der Waals surface area contributed by atoms with Crippen molar-refractivity contribution in [3.05, 3.63) is 155 Å². The van der Waals surface area contributed by atoms with Gasteiger partial charge in [-0.05, 0) is 136 Å². The fourth-order valence-corrected chi connectivity index (χ4v) is 6.11. The zero-order chi connectivity index (χ0) is 28.5. The third-order valence-electron chi connectivity index (χ3n) is 8.39. The van der Waals surface area contributed by atoms with Crippen LogP contribution in [0.1, 0.15) is 27.8 Å². The summed E-state index contributed by atoms with van der Waals surface area (Å²) in [6, 6.07) is 46.8. The molecule has 0 aromatic heterocycles. The highest BCUT2D eigenvalue weighted by Gasteiger charge is 2.16. The van der Waals surface area contributed by atoms with Gasteiger partial charge in [0.25, 0.3) is 0 Å². The van der Waals surface area contributed by atoms with E-state index >= 15 is 0 Å². The van der Waals surface area contributed by atoms with E-state index in [9.17, 15) is 0 Å². The van der Waals surface area contributed by atoms with Crippen LogP contribution in [0, 0.1) is 34.6 Å². The molecule has 0 spiro atoms. The van der Waals surface area contributed by atoms with Crippen molar-refractivity contribution in [1.29, 1.82) is 0 Å². The number of aryl methyl sites for hydroxylation is 5. The van der Waals surface area contributed by atoms with Gasteiger partial charge >= 0.3 is 0 Å². The minimum absolute atomic E-state index is 1.23. The first kappa shape index (κ1) is 26.5. The van der Waals surface area contributed by atoms with Crippen LogP contribution in [0.5, 0.6) is 0 Å². The van der Waals surface area contributed by atoms with Gasteiger partial charge in [-0.2, -0.15) is 0 Å². The molecule has 0 N–H and O–H groups in total. The van der Waals surface area contributed by atoms with E-state index < -0.39 is 0 Å². The topological polar surface area (TPSA) is 0 Å². The smallest absolute Gasteiger partial charge is 0.00730 e. The van der Waals surface area contributed by atoms with Crippen LogP contribution in [0.4, 0.5) is 0 Å². The van der Waals surface area contributed by atoms with Gasteiger partial charge in [0.15, 0.2) is 0 Å². The number of hydrogen-bond acceptors (Lipinski definition) is 0. The third kappa shape index (κ3) is 5.14. The summed E-state index contributed by atoms with van der Waals surface area (Å²) < 4.78 is 0. The zero-order valence-electron chi connectivity index (χ0n) is 24.6. The van der Waals surface area contributed by atoms with Crippen molar-refractivity contribution in [2.75, 3.05) is 0 Å². The average Bonchev–Trinajstić information content (AvgIpc) is 2.98. The van der Waals surface area contributed by atoms with Crippen molar-refractivity contribution in [2.24, 2.45) is 0 Å².